The number of piperazine rings is 1. The summed E-state index contributed by atoms with van der Waals surface area (Å²) in [5, 5.41) is 3.06. The number of rotatable bonds is 8. The molecule has 0 bridgehead atoms. The summed E-state index contributed by atoms with van der Waals surface area (Å²) in [4.78, 5) is 21.6. The molecule has 9 heteroatoms. The Morgan fingerprint density at radius 2 is 1.70 bits per heavy atom. The highest BCUT2D eigenvalue weighted by atomic mass is 32.1. The summed E-state index contributed by atoms with van der Waals surface area (Å²) < 4.78 is 34.1. The number of ether oxygens (including phenoxy) is 2. The highest BCUT2D eigenvalue weighted by Crippen LogP contribution is 2.26. The lowest BCUT2D eigenvalue weighted by Crippen LogP contribution is -2.48. The van der Waals surface area contributed by atoms with Gasteiger partial charge in [-0.25, -0.2) is 4.98 Å². The maximum atomic E-state index is 12.6. The van der Waals surface area contributed by atoms with Gasteiger partial charge in [-0.05, 0) is 42.0 Å². The summed E-state index contributed by atoms with van der Waals surface area (Å²) in [7, 11) is 1.65. The smallest absolute Gasteiger partial charge is 0.387 e. The van der Waals surface area contributed by atoms with Crippen molar-refractivity contribution in [3.63, 3.8) is 0 Å². The average molecular weight is 474 g/mol. The monoisotopic (exact) mass is 473 g/mol. The molecule has 0 atom stereocenters. The van der Waals surface area contributed by atoms with Crippen molar-refractivity contribution in [3.8, 4) is 22.1 Å². The average Bonchev–Trinajstić information content (AvgIpc) is 3.29. The Hall–Kier alpha value is -3.04. The van der Waals surface area contributed by atoms with Gasteiger partial charge in [-0.2, -0.15) is 8.78 Å². The topological polar surface area (TPSA) is 54.9 Å². The zero-order chi connectivity index (χ0) is 23.2. The van der Waals surface area contributed by atoms with Crippen molar-refractivity contribution >= 4 is 17.2 Å². The van der Waals surface area contributed by atoms with Crippen LogP contribution in [0.4, 0.5) is 8.78 Å². The summed E-state index contributed by atoms with van der Waals surface area (Å²) in [6, 6.07) is 14.1. The molecule has 0 saturated carbocycles. The molecular weight excluding hydrogens is 448 g/mol. The molecule has 0 N–H and O–H groups in total. The molecule has 6 nitrogen and oxygen atoms in total. The molecule has 0 aliphatic carbocycles. The minimum Gasteiger partial charge on any atom is -0.497 e. The number of hydrogen-bond donors (Lipinski definition) is 0. The van der Waals surface area contributed by atoms with Crippen LogP contribution in [-0.4, -0.2) is 60.6 Å². The SMILES string of the molecule is COc1ccc(-c2nc(CN3CCN(C(=O)Cc4ccc(OC(F)F)cc4)CC3)cs2)cc1. The van der Waals surface area contributed by atoms with Crippen LogP contribution in [-0.2, 0) is 17.8 Å². The zero-order valence-corrected chi connectivity index (χ0v) is 19.1. The Kier molecular flexibility index (Phi) is 7.51. The van der Waals surface area contributed by atoms with Crippen LogP contribution in [0, 0.1) is 0 Å². The van der Waals surface area contributed by atoms with E-state index in [-0.39, 0.29) is 18.1 Å². The number of benzene rings is 2. The van der Waals surface area contributed by atoms with Crippen molar-refractivity contribution in [2.45, 2.75) is 19.6 Å². The van der Waals surface area contributed by atoms with Crippen molar-refractivity contribution in [3.05, 3.63) is 65.2 Å². The van der Waals surface area contributed by atoms with Crippen LogP contribution in [0.3, 0.4) is 0 Å². The van der Waals surface area contributed by atoms with Crippen LogP contribution >= 0.6 is 11.3 Å². The van der Waals surface area contributed by atoms with Crippen molar-refractivity contribution in [1.29, 1.82) is 0 Å². The maximum Gasteiger partial charge on any atom is 0.387 e. The Labute approximate surface area is 195 Å². The normalized spacial score (nSPS) is 14.5. The largest absolute Gasteiger partial charge is 0.497 e. The third kappa shape index (κ3) is 6.27. The number of aromatic nitrogens is 1. The summed E-state index contributed by atoms with van der Waals surface area (Å²) in [6.07, 6.45) is 0.242. The molecule has 1 aliphatic rings. The molecule has 0 spiro atoms. The number of thiazole rings is 1. The van der Waals surface area contributed by atoms with Crippen molar-refractivity contribution in [2.24, 2.45) is 0 Å². The third-order valence-electron chi connectivity index (χ3n) is 5.50. The summed E-state index contributed by atoms with van der Waals surface area (Å²) in [5.41, 5.74) is 2.87. The molecule has 0 unspecified atom stereocenters. The fourth-order valence-electron chi connectivity index (χ4n) is 3.71. The number of alkyl halides is 2. The van der Waals surface area contributed by atoms with Crippen LogP contribution < -0.4 is 9.47 Å². The fourth-order valence-corrected chi connectivity index (χ4v) is 4.52. The summed E-state index contributed by atoms with van der Waals surface area (Å²) in [6.45, 7) is 0.763. The molecule has 0 radical (unpaired) electrons. The van der Waals surface area contributed by atoms with Gasteiger partial charge in [-0.1, -0.05) is 12.1 Å². The van der Waals surface area contributed by atoms with E-state index in [0.29, 0.717) is 13.1 Å². The Bertz CT molecular complexity index is 1050. The Morgan fingerprint density at radius 3 is 2.33 bits per heavy atom. The molecule has 33 heavy (non-hydrogen) atoms. The first-order valence-corrected chi connectivity index (χ1v) is 11.5. The van der Waals surface area contributed by atoms with Gasteiger partial charge in [0, 0.05) is 43.7 Å². The van der Waals surface area contributed by atoms with Crippen LogP contribution in [0.15, 0.2) is 53.9 Å². The van der Waals surface area contributed by atoms with Gasteiger partial charge in [0.05, 0.1) is 19.2 Å². The second-order valence-corrected chi connectivity index (χ2v) is 8.59. The van der Waals surface area contributed by atoms with E-state index in [9.17, 15) is 13.6 Å². The Balaban J connectivity index is 1.25. The lowest BCUT2D eigenvalue weighted by molar-refractivity contribution is -0.132. The number of carbonyl (C=O) groups excluding carboxylic acids is 1. The van der Waals surface area contributed by atoms with Crippen molar-refractivity contribution < 1.29 is 23.0 Å². The molecular formula is C24H25F2N3O3S. The molecule has 1 amide bonds. The lowest BCUT2D eigenvalue weighted by Gasteiger charge is -2.34. The third-order valence-corrected chi connectivity index (χ3v) is 6.44. The number of carbonyl (C=O) groups is 1. The van der Waals surface area contributed by atoms with Gasteiger partial charge >= 0.3 is 6.61 Å². The molecule has 1 saturated heterocycles. The number of methoxy groups -OCH3 is 1. The molecule has 1 fully saturated rings. The lowest BCUT2D eigenvalue weighted by atomic mass is 10.1. The molecule has 2 heterocycles. The highest BCUT2D eigenvalue weighted by molar-refractivity contribution is 7.13. The van der Waals surface area contributed by atoms with Crippen LogP contribution in [0.25, 0.3) is 10.6 Å². The minimum atomic E-state index is -2.85. The van der Waals surface area contributed by atoms with Gasteiger partial charge in [-0.15, -0.1) is 11.3 Å². The number of halogens is 2. The van der Waals surface area contributed by atoms with E-state index in [1.165, 1.54) is 12.1 Å². The molecule has 2 aromatic carbocycles. The standard InChI is InChI=1S/C24H25F2N3O3S/c1-31-20-8-4-18(5-9-20)23-27-19(16-33-23)15-28-10-12-29(13-11-28)22(30)14-17-2-6-21(7-3-17)32-24(25)26/h2-9,16,24H,10-15H2,1H3. The zero-order valence-electron chi connectivity index (χ0n) is 18.2. The quantitative estimate of drug-likeness (QED) is 0.488. The first-order chi connectivity index (χ1) is 16.0. The molecule has 1 aromatic heterocycles. The second kappa shape index (κ2) is 10.7. The van der Waals surface area contributed by atoms with Gasteiger partial charge < -0.3 is 14.4 Å². The molecule has 3 aromatic rings. The predicted molar refractivity (Wildman–Crippen MR) is 123 cm³/mol. The van der Waals surface area contributed by atoms with E-state index in [2.05, 4.69) is 15.0 Å². The number of hydrogen-bond acceptors (Lipinski definition) is 6. The fraction of sp³-hybridized carbons (Fsp3) is 0.333. The predicted octanol–water partition coefficient (Wildman–Crippen LogP) is 4.31. The number of nitrogens with zero attached hydrogens (tertiary/aromatic N) is 3. The summed E-state index contributed by atoms with van der Waals surface area (Å²) in [5.74, 6) is 0.945. The first kappa shape index (κ1) is 23.1. The van der Waals surface area contributed by atoms with E-state index in [1.54, 1.807) is 30.6 Å². The van der Waals surface area contributed by atoms with Crippen molar-refractivity contribution in [2.75, 3.05) is 33.3 Å². The molecule has 4 rings (SSSR count). The van der Waals surface area contributed by atoms with Gasteiger partial charge in [-0.3, -0.25) is 9.69 Å². The van der Waals surface area contributed by atoms with Crippen LogP contribution in [0.5, 0.6) is 11.5 Å². The van der Waals surface area contributed by atoms with Crippen LogP contribution in [0.2, 0.25) is 0 Å². The van der Waals surface area contributed by atoms with E-state index in [1.807, 2.05) is 29.2 Å². The van der Waals surface area contributed by atoms with E-state index in [4.69, 9.17) is 9.72 Å². The maximum absolute atomic E-state index is 12.6. The van der Waals surface area contributed by atoms with E-state index < -0.39 is 6.61 Å². The van der Waals surface area contributed by atoms with Gasteiger partial charge in [0.2, 0.25) is 5.91 Å². The van der Waals surface area contributed by atoms with Gasteiger partial charge in [0.15, 0.2) is 0 Å². The van der Waals surface area contributed by atoms with Crippen molar-refractivity contribution in [1.82, 2.24) is 14.8 Å². The van der Waals surface area contributed by atoms with Crippen LogP contribution in [0.1, 0.15) is 11.3 Å². The first-order valence-electron chi connectivity index (χ1n) is 10.6. The Morgan fingerprint density at radius 1 is 1.03 bits per heavy atom. The highest BCUT2D eigenvalue weighted by Gasteiger charge is 2.22. The molecule has 174 valence electrons. The summed E-state index contributed by atoms with van der Waals surface area (Å²) >= 11 is 1.62. The second-order valence-electron chi connectivity index (χ2n) is 7.73. The molecule has 1 aliphatic heterocycles. The minimum absolute atomic E-state index is 0.0348. The number of amides is 1. The van der Waals surface area contributed by atoms with Gasteiger partial charge in [0.1, 0.15) is 16.5 Å². The van der Waals surface area contributed by atoms with Gasteiger partial charge in [0.25, 0.3) is 0 Å². The van der Waals surface area contributed by atoms with E-state index in [0.717, 1.165) is 47.2 Å². The van der Waals surface area contributed by atoms with E-state index >= 15 is 0 Å².